The van der Waals surface area contributed by atoms with Gasteiger partial charge in [-0.2, -0.15) is 0 Å². The Labute approximate surface area is 419 Å². The van der Waals surface area contributed by atoms with Crippen LogP contribution in [-0.4, -0.2) is 153 Å². The van der Waals surface area contributed by atoms with Gasteiger partial charge in [-0.1, -0.05) is 24.8 Å². The Kier molecular flexibility index (Phi) is 20.2. The summed E-state index contributed by atoms with van der Waals surface area (Å²) in [4.78, 5) is 72.2. The molecular weight excluding hydrogens is 925 g/mol. The van der Waals surface area contributed by atoms with Crippen molar-refractivity contribution >= 4 is 68.6 Å². The van der Waals surface area contributed by atoms with E-state index in [2.05, 4.69) is 32.5 Å². The number of nitrogens with zero attached hydrogens (tertiary/aromatic N) is 2. The van der Waals surface area contributed by atoms with Gasteiger partial charge in [-0.25, -0.2) is 4.98 Å². The van der Waals surface area contributed by atoms with Crippen molar-refractivity contribution in [1.29, 1.82) is 0 Å². The predicted molar refractivity (Wildman–Crippen MR) is 275 cm³/mol. The molecule has 19 heteroatoms. The zero-order valence-corrected chi connectivity index (χ0v) is 42.1. The highest BCUT2D eigenvalue weighted by molar-refractivity contribution is 6.04. The molecule has 0 radical (unpaired) electrons. The molecule has 6 rings (SSSR count). The topological polar surface area (TPSA) is 274 Å². The number of nitrogens with one attached hydrogen (secondary N) is 5. The first-order valence-corrected chi connectivity index (χ1v) is 24.4. The highest BCUT2D eigenvalue weighted by Gasteiger charge is 2.53. The zero-order chi connectivity index (χ0) is 51.8. The second-order valence-corrected chi connectivity index (χ2v) is 17.7. The lowest BCUT2D eigenvalue weighted by Crippen LogP contribution is -2.44. The van der Waals surface area contributed by atoms with E-state index in [1.165, 1.54) is 7.11 Å². The van der Waals surface area contributed by atoms with Crippen molar-refractivity contribution in [1.82, 2.24) is 35.9 Å². The minimum absolute atomic E-state index is 0.0611. The van der Waals surface area contributed by atoms with Crippen molar-refractivity contribution in [3.63, 3.8) is 0 Å². The molecule has 1 aliphatic carbocycles. The van der Waals surface area contributed by atoms with E-state index in [-0.39, 0.29) is 76.4 Å². The Hall–Kier alpha value is -6.32. The number of carbonyl (C=O) groups is 4. The number of fused-ring (bicyclic) bond motifs is 11. The molecule has 2 atom stereocenters. The highest BCUT2D eigenvalue weighted by atomic mass is 16.5. The molecule has 3 amide bonds. The van der Waals surface area contributed by atoms with E-state index < -0.39 is 23.2 Å². The lowest BCUT2D eigenvalue weighted by Gasteiger charge is -2.37. The minimum Gasteiger partial charge on any atom is -0.469 e. The number of hydrogen-bond acceptors (Lipinski definition) is 14. The number of aryl methyl sites for hydroxylation is 3. The molecule has 3 aliphatic rings. The van der Waals surface area contributed by atoms with E-state index in [0.717, 1.165) is 44.4 Å². The van der Waals surface area contributed by atoms with Crippen molar-refractivity contribution in [2.24, 2.45) is 11.7 Å². The van der Waals surface area contributed by atoms with Crippen LogP contribution in [-0.2, 0) is 54.7 Å². The maximum Gasteiger partial charge on any atom is 0.314 e. The largest absolute Gasteiger partial charge is 0.469 e. The Morgan fingerprint density at radius 2 is 1.31 bits per heavy atom. The molecule has 3 aromatic heterocycles. The van der Waals surface area contributed by atoms with Crippen molar-refractivity contribution in [2.45, 2.75) is 58.8 Å². The molecule has 0 saturated heterocycles. The number of hydrogen-bond donors (Lipinski definition) is 8. The molecular formula is C53H70N8O11. The van der Waals surface area contributed by atoms with Crippen molar-refractivity contribution in [2.75, 3.05) is 99.4 Å². The van der Waals surface area contributed by atoms with E-state index >= 15 is 0 Å². The molecule has 388 valence electrons. The van der Waals surface area contributed by atoms with Gasteiger partial charge in [0, 0.05) is 72.2 Å². The van der Waals surface area contributed by atoms with Gasteiger partial charge in [0.05, 0.1) is 101 Å². The Balaban J connectivity index is 1.47. The number of nitrogens with two attached hydrogens (primary N) is 1. The Morgan fingerprint density at radius 1 is 0.722 bits per heavy atom. The number of carbonyl (C=O) groups excluding carboxylic acids is 4. The van der Waals surface area contributed by atoms with E-state index in [4.69, 9.17) is 49.6 Å². The van der Waals surface area contributed by atoms with Gasteiger partial charge in [0.15, 0.2) is 0 Å². The van der Waals surface area contributed by atoms with Crippen LogP contribution < -0.4 is 21.7 Å². The molecule has 2 unspecified atom stereocenters. The molecule has 0 aromatic carbocycles. The molecule has 8 bridgehead atoms. The van der Waals surface area contributed by atoms with Crippen LogP contribution in [0.1, 0.15) is 78.1 Å². The third kappa shape index (κ3) is 13.0. The van der Waals surface area contributed by atoms with Gasteiger partial charge < -0.3 is 65.5 Å². The number of aromatic nitrogens is 4. The van der Waals surface area contributed by atoms with Gasteiger partial charge >= 0.3 is 5.97 Å². The van der Waals surface area contributed by atoms with Gasteiger partial charge in [0.25, 0.3) is 0 Å². The molecule has 3 aromatic rings. The lowest BCUT2D eigenvalue weighted by molar-refractivity contribution is -0.146. The van der Waals surface area contributed by atoms with Crippen LogP contribution in [0.3, 0.4) is 0 Å². The van der Waals surface area contributed by atoms with Crippen LogP contribution in [0.2, 0.25) is 0 Å². The summed E-state index contributed by atoms with van der Waals surface area (Å²) in [6.45, 7) is 15.3. The average Bonchev–Trinajstić information content (AvgIpc) is 4.03. The summed E-state index contributed by atoms with van der Waals surface area (Å²) in [7, 11) is 1.30. The zero-order valence-electron chi connectivity index (χ0n) is 42.1. The number of allylic oxidation sites excluding steroid dienone is 5. The Bertz CT molecular complexity index is 2740. The molecule has 0 saturated carbocycles. The molecule has 5 heterocycles. The SMILES string of the molecule is C=Cc1c(C)c2cc3nc(cc4[nH]c(cc5nc(cc1[nH]2)C(C)=C5CCC(=O)NCCOCCOCCO)c(CCC(=O)NCCOCCOCCO)c4C)C1(C)C3=CC=C(C(=O)NCCN)C1C(=O)OC. The van der Waals surface area contributed by atoms with Crippen molar-refractivity contribution in [3.05, 3.63) is 93.6 Å². The van der Waals surface area contributed by atoms with Gasteiger partial charge in [-0.15, -0.1) is 0 Å². The van der Waals surface area contributed by atoms with Crippen LogP contribution >= 0.6 is 0 Å². The van der Waals surface area contributed by atoms with Crippen LogP contribution in [0.15, 0.2) is 48.6 Å². The minimum atomic E-state index is -1.20. The maximum absolute atomic E-state index is 14.1. The summed E-state index contributed by atoms with van der Waals surface area (Å²) in [5, 5.41) is 26.5. The fourth-order valence-corrected chi connectivity index (χ4v) is 9.26. The number of amides is 3. The summed E-state index contributed by atoms with van der Waals surface area (Å²) in [6, 6.07) is 7.77. The first-order valence-electron chi connectivity index (χ1n) is 24.4. The Morgan fingerprint density at radius 3 is 1.92 bits per heavy atom. The van der Waals surface area contributed by atoms with E-state index in [0.29, 0.717) is 98.3 Å². The summed E-state index contributed by atoms with van der Waals surface area (Å²) < 4.78 is 27.0. The normalized spacial score (nSPS) is 16.2. The van der Waals surface area contributed by atoms with Crippen molar-refractivity contribution < 1.29 is 53.1 Å². The van der Waals surface area contributed by atoms with Gasteiger partial charge in [-0.05, 0) is 98.2 Å². The number of methoxy groups -OCH3 is 1. The standard InChI is InChI=1S/C53H70N8O11/c1-7-35-32(2)41-29-46-39-11-8-38(51(66)57-15-14-54)50(52(67)68-6)53(39,5)47(61-46)31-42-34(4)37(10-13-49(65)56-17-21-70-25-27-72-23-19-63)45(60-42)30-44-36(33(3)40(59-44)28-43(35)58-41)9-12-48(64)55-16-20-69-24-26-71-22-18-62/h7-8,11,28-31,50,58,60,62-63H,1,9-10,12-27,54H2,2-6H3,(H,55,64)(H,56,65)(H,57,66). The lowest BCUT2D eigenvalue weighted by atomic mass is 9.64. The number of rotatable bonds is 27. The summed E-state index contributed by atoms with van der Waals surface area (Å²) >= 11 is 0. The highest BCUT2D eigenvalue weighted by Crippen LogP contribution is 2.52. The second kappa shape index (κ2) is 26.4. The van der Waals surface area contributed by atoms with Crippen LogP contribution in [0.4, 0.5) is 0 Å². The summed E-state index contributed by atoms with van der Waals surface area (Å²) in [5.41, 5.74) is 16.0. The quantitative estimate of drug-likeness (QED) is 0.0400. The smallest absolute Gasteiger partial charge is 0.314 e. The van der Waals surface area contributed by atoms with Gasteiger partial charge in [0.2, 0.25) is 17.7 Å². The van der Waals surface area contributed by atoms with E-state index in [1.54, 1.807) is 12.2 Å². The number of ether oxygens (including phenoxy) is 5. The van der Waals surface area contributed by atoms with E-state index in [9.17, 15) is 19.2 Å². The molecule has 9 N–H and O–H groups in total. The number of aromatic amines is 2. The van der Waals surface area contributed by atoms with Crippen LogP contribution in [0, 0.1) is 19.8 Å². The third-order valence-corrected chi connectivity index (χ3v) is 13.1. The van der Waals surface area contributed by atoms with Crippen LogP contribution in [0.5, 0.6) is 0 Å². The number of esters is 1. The number of aliphatic hydroxyl groups is 2. The molecule has 19 nitrogen and oxygen atoms in total. The fourth-order valence-electron chi connectivity index (χ4n) is 9.26. The predicted octanol–water partition coefficient (Wildman–Crippen LogP) is 3.65. The summed E-state index contributed by atoms with van der Waals surface area (Å²) in [6.07, 6.45) is 6.31. The fraction of sp³-hybridized carbons (Fsp3) is 0.472. The average molecular weight is 995 g/mol. The molecule has 2 aliphatic heterocycles. The molecule has 0 spiro atoms. The monoisotopic (exact) mass is 995 g/mol. The molecule has 72 heavy (non-hydrogen) atoms. The third-order valence-electron chi connectivity index (χ3n) is 13.1. The number of H-pyrrole nitrogens is 2. The van der Waals surface area contributed by atoms with E-state index in [1.807, 2.05) is 58.0 Å². The first kappa shape index (κ1) is 55.0. The number of aliphatic hydroxyl groups excluding tert-OH is 2. The summed E-state index contributed by atoms with van der Waals surface area (Å²) in [5.74, 6) is -2.48. The van der Waals surface area contributed by atoms with Gasteiger partial charge in [-0.3, -0.25) is 24.2 Å². The van der Waals surface area contributed by atoms with Crippen molar-refractivity contribution in [3.8, 4) is 0 Å². The second-order valence-electron chi connectivity index (χ2n) is 17.7. The first-order chi connectivity index (χ1) is 34.8. The van der Waals surface area contributed by atoms with Gasteiger partial charge in [0.1, 0.15) is 5.92 Å². The molecule has 0 fully saturated rings. The van der Waals surface area contributed by atoms with Crippen LogP contribution in [0.25, 0.3) is 44.9 Å². The maximum atomic E-state index is 14.1.